The molecule has 0 bridgehead atoms. The number of aromatic hydroxyl groups is 1. The number of halogens is 1. The van der Waals surface area contributed by atoms with Crippen LogP contribution in [0.4, 0.5) is 0 Å². The molecule has 0 spiro atoms. The van der Waals surface area contributed by atoms with Crippen LogP contribution in [0, 0.1) is 0 Å². The Balaban J connectivity index is 2.45. The fraction of sp³-hybridized carbons (Fsp3) is 0.385. The van der Waals surface area contributed by atoms with E-state index in [1.807, 2.05) is 6.92 Å². The van der Waals surface area contributed by atoms with E-state index in [0.29, 0.717) is 11.6 Å². The molecule has 0 radical (unpaired) electrons. The Morgan fingerprint density at radius 3 is 2.79 bits per heavy atom. The zero-order chi connectivity index (χ0) is 14.3. The number of unbranched alkanes of at least 4 members (excludes halogenated alkanes) is 1. The first kappa shape index (κ1) is 15.3. The maximum atomic E-state index is 11.6. The summed E-state index contributed by atoms with van der Waals surface area (Å²) in [6.07, 6.45) is 1.84. The summed E-state index contributed by atoms with van der Waals surface area (Å²) in [7, 11) is 0. The molecule has 0 atom stereocenters. The second kappa shape index (κ2) is 7.63. The van der Waals surface area contributed by atoms with E-state index in [1.165, 1.54) is 18.2 Å². The van der Waals surface area contributed by atoms with Crippen LogP contribution in [0.15, 0.2) is 18.2 Å². The lowest BCUT2D eigenvalue weighted by atomic mass is 10.2. The maximum Gasteiger partial charge on any atom is 0.342 e. The highest BCUT2D eigenvalue weighted by Gasteiger charge is 2.14. The minimum Gasteiger partial charge on any atom is -0.507 e. The highest BCUT2D eigenvalue weighted by Crippen LogP contribution is 2.22. The quantitative estimate of drug-likeness (QED) is 0.620. The molecule has 1 amide bonds. The molecule has 0 aliphatic carbocycles. The summed E-state index contributed by atoms with van der Waals surface area (Å²) in [4.78, 5) is 22.9. The molecule has 2 N–H and O–H groups in total. The summed E-state index contributed by atoms with van der Waals surface area (Å²) in [6, 6.07) is 4.04. The Hall–Kier alpha value is -1.75. The third-order valence-corrected chi connectivity index (χ3v) is 2.60. The average Bonchev–Trinajstić information content (AvgIpc) is 2.36. The number of rotatable bonds is 6. The topological polar surface area (TPSA) is 75.6 Å². The van der Waals surface area contributed by atoms with E-state index in [4.69, 9.17) is 16.3 Å². The Morgan fingerprint density at radius 1 is 1.42 bits per heavy atom. The fourth-order valence-corrected chi connectivity index (χ4v) is 1.51. The van der Waals surface area contributed by atoms with Gasteiger partial charge in [0.05, 0.1) is 0 Å². The maximum absolute atomic E-state index is 11.6. The van der Waals surface area contributed by atoms with Crippen molar-refractivity contribution in [1.29, 1.82) is 0 Å². The van der Waals surface area contributed by atoms with Gasteiger partial charge >= 0.3 is 5.97 Å². The van der Waals surface area contributed by atoms with E-state index in [2.05, 4.69) is 5.32 Å². The molecule has 104 valence electrons. The van der Waals surface area contributed by atoms with Crippen molar-refractivity contribution in [3.8, 4) is 5.75 Å². The van der Waals surface area contributed by atoms with Crippen LogP contribution in [-0.2, 0) is 9.53 Å². The second-order valence-electron chi connectivity index (χ2n) is 3.94. The smallest absolute Gasteiger partial charge is 0.342 e. The third-order valence-electron chi connectivity index (χ3n) is 2.37. The van der Waals surface area contributed by atoms with Gasteiger partial charge in [-0.3, -0.25) is 4.79 Å². The van der Waals surface area contributed by atoms with Crippen molar-refractivity contribution >= 4 is 23.5 Å². The molecule has 1 rings (SSSR count). The van der Waals surface area contributed by atoms with Gasteiger partial charge in [-0.05, 0) is 24.6 Å². The van der Waals surface area contributed by atoms with Crippen LogP contribution in [0.1, 0.15) is 30.1 Å². The number of phenols is 1. The molecule has 0 heterocycles. The Morgan fingerprint density at radius 2 is 2.16 bits per heavy atom. The van der Waals surface area contributed by atoms with Gasteiger partial charge in [0, 0.05) is 11.6 Å². The normalized spacial score (nSPS) is 10.0. The number of carbonyl (C=O) groups is 2. The van der Waals surface area contributed by atoms with Gasteiger partial charge < -0.3 is 15.2 Å². The van der Waals surface area contributed by atoms with E-state index in [0.717, 1.165) is 12.8 Å². The number of esters is 1. The molecular weight excluding hydrogens is 270 g/mol. The number of carbonyl (C=O) groups excluding carboxylic acids is 2. The first-order valence-corrected chi connectivity index (χ1v) is 6.34. The third kappa shape index (κ3) is 5.18. The predicted octanol–water partition coefficient (Wildman–Crippen LogP) is 2.12. The Bertz CT molecular complexity index is 462. The van der Waals surface area contributed by atoms with E-state index >= 15 is 0 Å². The van der Waals surface area contributed by atoms with Crippen molar-refractivity contribution in [3.63, 3.8) is 0 Å². The molecule has 1 aromatic rings. The van der Waals surface area contributed by atoms with Gasteiger partial charge in [0.1, 0.15) is 11.3 Å². The second-order valence-corrected chi connectivity index (χ2v) is 4.38. The van der Waals surface area contributed by atoms with Crippen LogP contribution < -0.4 is 5.32 Å². The standard InChI is InChI=1S/C13H16ClNO4/c1-2-3-6-15-12(17)8-19-13(18)10-5-4-9(14)7-11(10)16/h4-5,7,16H,2-3,6,8H2,1H3,(H,15,17). The number of amides is 1. The molecule has 1 aromatic carbocycles. The van der Waals surface area contributed by atoms with Crippen LogP contribution in [0.5, 0.6) is 5.75 Å². The van der Waals surface area contributed by atoms with Crippen molar-refractivity contribution in [2.45, 2.75) is 19.8 Å². The number of phenolic OH excluding ortho intramolecular Hbond substituents is 1. The van der Waals surface area contributed by atoms with Crippen molar-refractivity contribution in [1.82, 2.24) is 5.32 Å². The molecule has 0 aliphatic heterocycles. The van der Waals surface area contributed by atoms with Gasteiger partial charge in [-0.2, -0.15) is 0 Å². The fourth-order valence-electron chi connectivity index (χ4n) is 1.34. The van der Waals surface area contributed by atoms with Gasteiger partial charge in [-0.15, -0.1) is 0 Å². The minimum atomic E-state index is -0.764. The van der Waals surface area contributed by atoms with Crippen LogP contribution in [0.3, 0.4) is 0 Å². The Kier molecular flexibility index (Phi) is 6.15. The first-order chi connectivity index (χ1) is 9.04. The predicted molar refractivity (Wildman–Crippen MR) is 71.3 cm³/mol. The number of hydrogen-bond acceptors (Lipinski definition) is 4. The molecule has 0 saturated carbocycles. The zero-order valence-electron chi connectivity index (χ0n) is 10.6. The molecule has 0 unspecified atom stereocenters. The molecule has 5 nitrogen and oxygen atoms in total. The first-order valence-electron chi connectivity index (χ1n) is 5.97. The molecule has 19 heavy (non-hydrogen) atoms. The van der Waals surface area contributed by atoms with Crippen LogP contribution in [0.25, 0.3) is 0 Å². The molecule has 0 aromatic heterocycles. The van der Waals surface area contributed by atoms with Gasteiger partial charge in [0.2, 0.25) is 0 Å². The lowest BCUT2D eigenvalue weighted by molar-refractivity contribution is -0.124. The van der Waals surface area contributed by atoms with Crippen molar-refractivity contribution in [3.05, 3.63) is 28.8 Å². The van der Waals surface area contributed by atoms with Crippen molar-refractivity contribution in [2.24, 2.45) is 0 Å². The van der Waals surface area contributed by atoms with Crippen LogP contribution in [-0.4, -0.2) is 30.1 Å². The summed E-state index contributed by atoms with van der Waals surface area (Å²) in [5.74, 6) is -1.40. The van der Waals surface area contributed by atoms with Gasteiger partial charge in [0.25, 0.3) is 5.91 Å². The summed E-state index contributed by atoms with van der Waals surface area (Å²) >= 11 is 5.64. The zero-order valence-corrected chi connectivity index (χ0v) is 11.4. The number of ether oxygens (including phenoxy) is 1. The number of nitrogens with one attached hydrogen (secondary N) is 1. The summed E-state index contributed by atoms with van der Waals surface area (Å²) in [5, 5.41) is 12.4. The lowest BCUT2D eigenvalue weighted by Gasteiger charge is -2.07. The summed E-state index contributed by atoms with van der Waals surface area (Å²) in [6.45, 7) is 2.19. The van der Waals surface area contributed by atoms with Gasteiger partial charge in [0.15, 0.2) is 6.61 Å². The van der Waals surface area contributed by atoms with E-state index < -0.39 is 5.97 Å². The monoisotopic (exact) mass is 285 g/mol. The molecule has 0 saturated heterocycles. The highest BCUT2D eigenvalue weighted by atomic mass is 35.5. The SMILES string of the molecule is CCCCNC(=O)COC(=O)c1ccc(Cl)cc1O. The van der Waals surface area contributed by atoms with Crippen molar-refractivity contribution < 1.29 is 19.4 Å². The van der Waals surface area contributed by atoms with Crippen LogP contribution in [0.2, 0.25) is 5.02 Å². The van der Waals surface area contributed by atoms with E-state index in [1.54, 1.807) is 0 Å². The molecule has 6 heteroatoms. The lowest BCUT2D eigenvalue weighted by Crippen LogP contribution is -2.29. The molecule has 0 aliphatic rings. The molecular formula is C13H16ClNO4. The summed E-state index contributed by atoms with van der Waals surface area (Å²) in [5.41, 5.74) is -0.0224. The average molecular weight is 286 g/mol. The van der Waals surface area contributed by atoms with Gasteiger partial charge in [-0.25, -0.2) is 4.79 Å². The number of benzene rings is 1. The number of hydrogen-bond donors (Lipinski definition) is 2. The minimum absolute atomic E-state index is 0.0224. The van der Waals surface area contributed by atoms with Gasteiger partial charge in [-0.1, -0.05) is 24.9 Å². The largest absolute Gasteiger partial charge is 0.507 e. The Labute approximate surface area is 116 Å². The highest BCUT2D eigenvalue weighted by molar-refractivity contribution is 6.30. The van der Waals surface area contributed by atoms with Crippen LogP contribution >= 0.6 is 11.6 Å². The molecule has 0 fully saturated rings. The summed E-state index contributed by atoms with van der Waals surface area (Å²) < 4.78 is 4.79. The van der Waals surface area contributed by atoms with E-state index in [-0.39, 0.29) is 23.8 Å². The van der Waals surface area contributed by atoms with E-state index in [9.17, 15) is 14.7 Å². The van der Waals surface area contributed by atoms with Crippen molar-refractivity contribution in [2.75, 3.05) is 13.2 Å².